The second kappa shape index (κ2) is 5.15. The first-order chi connectivity index (χ1) is 8.52. The van der Waals surface area contributed by atoms with Gasteiger partial charge in [0.15, 0.2) is 0 Å². The van der Waals surface area contributed by atoms with Gasteiger partial charge in [-0.25, -0.2) is 0 Å². The van der Waals surface area contributed by atoms with Gasteiger partial charge in [0.2, 0.25) is 0 Å². The molecule has 2 nitrogen and oxygen atoms in total. The molecule has 2 rings (SSSR count). The molecule has 0 aliphatic rings. The highest BCUT2D eigenvalue weighted by atomic mass is 35.5. The Morgan fingerprint density at radius 2 is 2.06 bits per heavy atom. The number of hydrogen-bond donors (Lipinski definition) is 0. The normalized spacial score (nSPS) is 11.2. The first-order valence-corrected chi connectivity index (χ1v) is 6.66. The lowest BCUT2D eigenvalue weighted by Gasteiger charge is -2.12. The van der Waals surface area contributed by atoms with Gasteiger partial charge in [0.25, 0.3) is 0 Å². The van der Waals surface area contributed by atoms with E-state index in [1.54, 1.807) is 0 Å². The van der Waals surface area contributed by atoms with Gasteiger partial charge in [0.05, 0.1) is 16.6 Å². The fraction of sp³-hybridized carbons (Fsp3) is 0.400. The number of nitrogens with zero attached hydrogens (tertiary/aromatic N) is 1. The molecule has 3 heteroatoms. The van der Waals surface area contributed by atoms with Crippen LogP contribution in [0.3, 0.4) is 0 Å². The third-order valence-corrected chi connectivity index (χ3v) is 3.42. The summed E-state index contributed by atoms with van der Waals surface area (Å²) in [6.07, 6.45) is 1.05. The van der Waals surface area contributed by atoms with Crippen LogP contribution in [0, 0.1) is 6.92 Å². The third-order valence-electron chi connectivity index (χ3n) is 2.93. The minimum absolute atomic E-state index is 0.158. The maximum absolute atomic E-state index is 6.42. The van der Waals surface area contributed by atoms with Crippen molar-refractivity contribution < 1.29 is 4.74 Å². The van der Waals surface area contributed by atoms with E-state index in [9.17, 15) is 0 Å². The van der Waals surface area contributed by atoms with Crippen LogP contribution in [0.1, 0.15) is 32.0 Å². The van der Waals surface area contributed by atoms with Crippen LogP contribution in [0.2, 0.25) is 5.02 Å². The molecule has 0 aliphatic heterocycles. The van der Waals surface area contributed by atoms with Crippen molar-refractivity contribution in [3.05, 3.63) is 34.5 Å². The van der Waals surface area contributed by atoms with Crippen LogP contribution < -0.4 is 4.74 Å². The largest absolute Gasteiger partial charge is 0.491 e. The molecule has 0 aliphatic carbocycles. The summed E-state index contributed by atoms with van der Waals surface area (Å²) in [5.41, 5.74) is 3.05. The molecule has 18 heavy (non-hydrogen) atoms. The number of rotatable bonds is 3. The van der Waals surface area contributed by atoms with Crippen molar-refractivity contribution >= 4 is 22.5 Å². The van der Waals surface area contributed by atoms with Gasteiger partial charge in [-0.05, 0) is 51.0 Å². The Balaban J connectivity index is 2.59. The fourth-order valence-electron chi connectivity index (χ4n) is 2.04. The molecular formula is C15H18ClNO. The maximum Gasteiger partial charge on any atom is 0.120 e. The van der Waals surface area contributed by atoms with Gasteiger partial charge in [-0.3, -0.25) is 4.98 Å². The number of fused-ring (bicyclic) bond motifs is 1. The highest BCUT2D eigenvalue weighted by Crippen LogP contribution is 2.30. The maximum atomic E-state index is 6.42. The second-order valence-electron chi connectivity index (χ2n) is 4.70. The summed E-state index contributed by atoms with van der Waals surface area (Å²) in [5, 5.41) is 1.75. The molecule has 0 fully saturated rings. The van der Waals surface area contributed by atoms with Crippen LogP contribution in [-0.2, 0) is 6.42 Å². The first-order valence-electron chi connectivity index (χ1n) is 6.28. The van der Waals surface area contributed by atoms with Gasteiger partial charge in [0, 0.05) is 11.1 Å². The van der Waals surface area contributed by atoms with Crippen LogP contribution in [0.25, 0.3) is 10.9 Å². The Bertz CT molecular complexity index is 578. The standard InChI is InChI=1S/C15H18ClNO/c1-5-13-10(4)15(16)12-8-11(18-9(2)3)6-7-14(12)17-13/h6-9H,5H2,1-4H3. The zero-order valence-corrected chi connectivity index (χ0v) is 12.0. The van der Waals surface area contributed by atoms with Crippen molar-refractivity contribution in [1.82, 2.24) is 4.98 Å². The SMILES string of the molecule is CCc1nc2ccc(OC(C)C)cc2c(Cl)c1C. The summed E-state index contributed by atoms with van der Waals surface area (Å²) >= 11 is 6.42. The van der Waals surface area contributed by atoms with Crippen molar-refractivity contribution in [2.24, 2.45) is 0 Å². The number of ether oxygens (including phenoxy) is 1. The molecule has 0 saturated carbocycles. The highest BCUT2D eigenvalue weighted by Gasteiger charge is 2.10. The van der Waals surface area contributed by atoms with E-state index in [1.165, 1.54) is 0 Å². The predicted octanol–water partition coefficient (Wildman–Crippen LogP) is 4.55. The quantitative estimate of drug-likeness (QED) is 0.811. The molecule has 0 saturated heterocycles. The smallest absolute Gasteiger partial charge is 0.120 e. The van der Waals surface area contributed by atoms with Crippen LogP contribution in [0.15, 0.2) is 18.2 Å². The lowest BCUT2D eigenvalue weighted by Crippen LogP contribution is -2.05. The Labute approximate surface area is 113 Å². The molecular weight excluding hydrogens is 246 g/mol. The van der Waals surface area contributed by atoms with Gasteiger partial charge in [-0.2, -0.15) is 0 Å². The number of hydrogen-bond acceptors (Lipinski definition) is 2. The lowest BCUT2D eigenvalue weighted by atomic mass is 10.1. The third kappa shape index (κ3) is 2.44. The molecule has 0 spiro atoms. The molecule has 1 aromatic carbocycles. The fourth-order valence-corrected chi connectivity index (χ4v) is 2.30. The van der Waals surface area contributed by atoms with Gasteiger partial charge in [-0.15, -0.1) is 0 Å². The van der Waals surface area contributed by atoms with Crippen molar-refractivity contribution in [2.45, 2.75) is 40.2 Å². The Kier molecular flexibility index (Phi) is 3.76. The van der Waals surface area contributed by atoms with Crippen LogP contribution in [0.5, 0.6) is 5.75 Å². The van der Waals surface area contributed by atoms with Gasteiger partial charge < -0.3 is 4.74 Å². The van der Waals surface area contributed by atoms with Crippen molar-refractivity contribution in [2.75, 3.05) is 0 Å². The Hall–Kier alpha value is -1.28. The number of aryl methyl sites for hydroxylation is 1. The topological polar surface area (TPSA) is 22.1 Å². The molecule has 0 unspecified atom stereocenters. The van der Waals surface area contributed by atoms with E-state index in [2.05, 4.69) is 11.9 Å². The molecule has 1 heterocycles. The van der Waals surface area contributed by atoms with Crippen molar-refractivity contribution in [3.63, 3.8) is 0 Å². The molecule has 96 valence electrons. The highest BCUT2D eigenvalue weighted by molar-refractivity contribution is 6.36. The van der Waals surface area contributed by atoms with Crippen molar-refractivity contribution in [3.8, 4) is 5.75 Å². The summed E-state index contributed by atoms with van der Waals surface area (Å²) in [7, 11) is 0. The van der Waals surface area contributed by atoms with E-state index >= 15 is 0 Å². The summed E-state index contributed by atoms with van der Waals surface area (Å²) in [4.78, 5) is 4.63. The van der Waals surface area contributed by atoms with E-state index in [-0.39, 0.29) is 6.10 Å². The number of aromatic nitrogens is 1. The molecule has 0 bridgehead atoms. The molecule has 0 radical (unpaired) electrons. The summed E-state index contributed by atoms with van der Waals surface area (Å²) in [6.45, 7) is 8.13. The number of benzene rings is 1. The Morgan fingerprint density at radius 1 is 1.33 bits per heavy atom. The summed E-state index contributed by atoms with van der Waals surface area (Å²) < 4.78 is 5.69. The first kappa shape index (κ1) is 13.2. The zero-order chi connectivity index (χ0) is 13.3. The molecule has 0 N–H and O–H groups in total. The van der Waals surface area contributed by atoms with E-state index < -0.39 is 0 Å². The molecule has 0 amide bonds. The van der Waals surface area contributed by atoms with Gasteiger partial charge in [0.1, 0.15) is 5.75 Å². The molecule has 2 aromatic rings. The van der Waals surface area contributed by atoms with Crippen LogP contribution in [-0.4, -0.2) is 11.1 Å². The Morgan fingerprint density at radius 3 is 2.67 bits per heavy atom. The number of pyridine rings is 1. The minimum atomic E-state index is 0.158. The lowest BCUT2D eigenvalue weighted by molar-refractivity contribution is 0.243. The average Bonchev–Trinajstić information content (AvgIpc) is 2.33. The van der Waals surface area contributed by atoms with E-state index in [1.807, 2.05) is 39.0 Å². The zero-order valence-electron chi connectivity index (χ0n) is 11.2. The molecule has 0 atom stereocenters. The average molecular weight is 264 g/mol. The summed E-state index contributed by atoms with van der Waals surface area (Å²) in [5.74, 6) is 0.838. The van der Waals surface area contributed by atoms with Crippen LogP contribution in [0.4, 0.5) is 0 Å². The van der Waals surface area contributed by atoms with E-state index in [0.29, 0.717) is 0 Å². The number of halogens is 1. The summed E-state index contributed by atoms with van der Waals surface area (Å²) in [6, 6.07) is 5.88. The van der Waals surface area contributed by atoms with Crippen LogP contribution >= 0.6 is 11.6 Å². The van der Waals surface area contributed by atoms with Gasteiger partial charge >= 0.3 is 0 Å². The molecule has 1 aromatic heterocycles. The van der Waals surface area contributed by atoms with Crippen molar-refractivity contribution in [1.29, 1.82) is 0 Å². The minimum Gasteiger partial charge on any atom is -0.491 e. The predicted molar refractivity (Wildman–Crippen MR) is 76.6 cm³/mol. The van der Waals surface area contributed by atoms with E-state index in [4.69, 9.17) is 16.3 Å². The monoisotopic (exact) mass is 263 g/mol. The van der Waals surface area contributed by atoms with Gasteiger partial charge in [-0.1, -0.05) is 18.5 Å². The van der Waals surface area contributed by atoms with E-state index in [0.717, 1.165) is 39.4 Å². The second-order valence-corrected chi connectivity index (χ2v) is 5.07.